The van der Waals surface area contributed by atoms with Crippen LogP contribution in [-0.4, -0.2) is 30.1 Å². The zero-order valence-corrected chi connectivity index (χ0v) is 12.4. The van der Waals surface area contributed by atoms with Crippen molar-refractivity contribution < 1.29 is 17.9 Å². The Labute approximate surface area is 126 Å². The molecule has 0 saturated carbocycles. The summed E-state index contributed by atoms with van der Waals surface area (Å²) >= 11 is 5.62. The van der Waals surface area contributed by atoms with Crippen LogP contribution in [0.2, 0.25) is 5.02 Å². The summed E-state index contributed by atoms with van der Waals surface area (Å²) in [5.74, 6) is 0.251. The highest BCUT2D eigenvalue weighted by atomic mass is 35.5. The van der Waals surface area contributed by atoms with E-state index in [-0.39, 0.29) is 16.9 Å². The van der Waals surface area contributed by atoms with Crippen LogP contribution in [-0.2, 0) is 6.18 Å². The van der Waals surface area contributed by atoms with E-state index in [1.807, 2.05) is 0 Å². The van der Waals surface area contributed by atoms with Crippen molar-refractivity contribution in [2.75, 3.05) is 7.05 Å². The van der Waals surface area contributed by atoms with Crippen molar-refractivity contribution in [2.24, 2.45) is 0 Å². The average molecular weight is 320 g/mol. The van der Waals surface area contributed by atoms with Gasteiger partial charge in [0.2, 0.25) is 0 Å². The Morgan fingerprint density at radius 1 is 1.19 bits per heavy atom. The molecule has 0 aromatic heterocycles. The normalized spacial score (nSPS) is 29.7. The fraction of sp³-hybridized carbons (Fsp3) is 0.600. The Hall–Kier alpha value is -0.940. The molecular weight excluding hydrogens is 303 g/mol. The highest BCUT2D eigenvalue weighted by Gasteiger charge is 2.39. The second-order valence-corrected chi connectivity index (χ2v) is 6.31. The molecule has 6 heteroatoms. The molecular formula is C15H17ClF3NO. The van der Waals surface area contributed by atoms with Crippen molar-refractivity contribution in [2.45, 2.75) is 50.0 Å². The zero-order valence-electron chi connectivity index (χ0n) is 11.7. The predicted octanol–water partition coefficient (Wildman–Crippen LogP) is 4.36. The van der Waals surface area contributed by atoms with Crippen LogP contribution in [0.4, 0.5) is 13.2 Å². The first-order valence-corrected chi connectivity index (χ1v) is 7.47. The molecule has 2 heterocycles. The largest absolute Gasteiger partial charge is 0.490 e. The van der Waals surface area contributed by atoms with Gasteiger partial charge in [0.1, 0.15) is 11.9 Å². The third-order valence-electron chi connectivity index (χ3n) is 4.60. The lowest BCUT2D eigenvalue weighted by Crippen LogP contribution is -2.43. The average Bonchev–Trinajstić information content (AvgIpc) is 2.62. The first kappa shape index (κ1) is 15.0. The van der Waals surface area contributed by atoms with Gasteiger partial charge in [-0.2, -0.15) is 13.2 Å². The van der Waals surface area contributed by atoms with Crippen molar-refractivity contribution >= 4 is 11.6 Å². The van der Waals surface area contributed by atoms with Crippen LogP contribution < -0.4 is 4.74 Å². The van der Waals surface area contributed by atoms with Crippen molar-refractivity contribution in [1.29, 1.82) is 0 Å². The van der Waals surface area contributed by atoms with Crippen LogP contribution in [0, 0.1) is 0 Å². The molecule has 0 N–H and O–H groups in total. The first-order chi connectivity index (χ1) is 9.84. The number of halogens is 4. The number of ether oxygens (including phenoxy) is 1. The maximum absolute atomic E-state index is 12.8. The van der Waals surface area contributed by atoms with Crippen molar-refractivity contribution in [1.82, 2.24) is 4.90 Å². The van der Waals surface area contributed by atoms with Gasteiger partial charge in [-0.15, -0.1) is 0 Å². The molecule has 1 aromatic carbocycles. The van der Waals surface area contributed by atoms with Gasteiger partial charge in [-0.3, -0.25) is 0 Å². The van der Waals surface area contributed by atoms with E-state index in [1.165, 1.54) is 12.1 Å². The molecule has 2 aliphatic heterocycles. The molecule has 2 nitrogen and oxygen atoms in total. The molecule has 2 saturated heterocycles. The molecule has 2 fully saturated rings. The van der Waals surface area contributed by atoms with Crippen LogP contribution in [0.15, 0.2) is 18.2 Å². The van der Waals surface area contributed by atoms with Gasteiger partial charge in [-0.05, 0) is 50.9 Å². The summed E-state index contributed by atoms with van der Waals surface area (Å²) in [5.41, 5.74) is -0.836. The molecule has 0 spiro atoms. The number of piperidine rings is 1. The van der Waals surface area contributed by atoms with E-state index in [1.54, 1.807) is 0 Å². The lowest BCUT2D eigenvalue weighted by molar-refractivity contribution is -0.137. The highest BCUT2D eigenvalue weighted by Crippen LogP contribution is 2.39. The Balaban J connectivity index is 1.74. The summed E-state index contributed by atoms with van der Waals surface area (Å²) in [7, 11) is 2.11. The van der Waals surface area contributed by atoms with E-state index in [0.29, 0.717) is 12.1 Å². The molecule has 3 rings (SSSR count). The fourth-order valence-electron chi connectivity index (χ4n) is 3.45. The topological polar surface area (TPSA) is 12.5 Å². The number of fused-ring (bicyclic) bond motifs is 2. The van der Waals surface area contributed by atoms with Gasteiger partial charge in [0.15, 0.2) is 0 Å². The summed E-state index contributed by atoms with van der Waals surface area (Å²) < 4.78 is 44.3. The lowest BCUT2D eigenvalue weighted by Gasteiger charge is -2.36. The van der Waals surface area contributed by atoms with E-state index in [0.717, 1.165) is 31.7 Å². The van der Waals surface area contributed by atoms with Gasteiger partial charge in [0.05, 0.1) is 10.6 Å². The maximum Gasteiger partial charge on any atom is 0.417 e. The number of nitrogens with zero attached hydrogens (tertiary/aromatic N) is 1. The first-order valence-electron chi connectivity index (χ1n) is 7.10. The van der Waals surface area contributed by atoms with Gasteiger partial charge < -0.3 is 9.64 Å². The minimum atomic E-state index is -4.46. The monoisotopic (exact) mass is 319 g/mol. The molecule has 1 aromatic rings. The standard InChI is InChI=1S/C15H17ClF3NO/c1-20-9-2-3-10(20)7-12(6-9)21-11-4-5-14(16)13(8-11)15(17,18)19/h4-5,8-10,12H,2-3,6-7H2,1H3/t9-,10+,12?. The Bertz CT molecular complexity index is 520. The van der Waals surface area contributed by atoms with Crippen LogP contribution in [0.1, 0.15) is 31.2 Å². The second-order valence-electron chi connectivity index (χ2n) is 5.90. The molecule has 116 valence electrons. The van der Waals surface area contributed by atoms with Crippen molar-refractivity contribution in [3.05, 3.63) is 28.8 Å². The Morgan fingerprint density at radius 2 is 1.81 bits per heavy atom. The molecule has 3 atom stereocenters. The van der Waals surface area contributed by atoms with Gasteiger partial charge in [-0.1, -0.05) is 11.6 Å². The summed E-state index contributed by atoms with van der Waals surface area (Å²) in [4.78, 5) is 2.36. The third-order valence-corrected chi connectivity index (χ3v) is 4.93. The second kappa shape index (κ2) is 5.36. The summed E-state index contributed by atoms with van der Waals surface area (Å²) in [6, 6.07) is 4.75. The lowest BCUT2D eigenvalue weighted by atomic mass is 10.0. The SMILES string of the molecule is CN1[C@@H]2CC[C@H]1CC(Oc1ccc(Cl)c(C(F)(F)F)c1)C2. The van der Waals surface area contributed by atoms with Gasteiger partial charge in [0.25, 0.3) is 0 Å². The molecule has 0 radical (unpaired) electrons. The summed E-state index contributed by atoms with van der Waals surface area (Å²) in [5, 5.41) is -0.293. The number of alkyl halides is 3. The van der Waals surface area contributed by atoms with Crippen LogP contribution in [0.5, 0.6) is 5.75 Å². The van der Waals surface area contributed by atoms with Crippen molar-refractivity contribution in [3.63, 3.8) is 0 Å². The maximum atomic E-state index is 12.8. The third kappa shape index (κ3) is 2.99. The number of hydrogen-bond donors (Lipinski definition) is 0. The molecule has 21 heavy (non-hydrogen) atoms. The van der Waals surface area contributed by atoms with E-state index >= 15 is 0 Å². The van der Waals surface area contributed by atoms with Gasteiger partial charge >= 0.3 is 6.18 Å². The highest BCUT2D eigenvalue weighted by molar-refractivity contribution is 6.31. The smallest absolute Gasteiger partial charge is 0.417 e. The molecule has 0 amide bonds. The van der Waals surface area contributed by atoms with E-state index in [4.69, 9.17) is 16.3 Å². The van der Waals surface area contributed by atoms with Crippen LogP contribution >= 0.6 is 11.6 Å². The molecule has 2 bridgehead atoms. The number of benzene rings is 1. The van der Waals surface area contributed by atoms with Gasteiger partial charge in [-0.25, -0.2) is 0 Å². The molecule has 0 aliphatic carbocycles. The van der Waals surface area contributed by atoms with Crippen LogP contribution in [0.3, 0.4) is 0 Å². The van der Waals surface area contributed by atoms with E-state index in [2.05, 4.69) is 11.9 Å². The molecule has 1 unspecified atom stereocenters. The summed E-state index contributed by atoms with van der Waals surface area (Å²) in [6.07, 6.45) is -0.429. The van der Waals surface area contributed by atoms with Crippen molar-refractivity contribution in [3.8, 4) is 5.75 Å². The Kier molecular flexibility index (Phi) is 3.82. The number of rotatable bonds is 2. The van der Waals surface area contributed by atoms with E-state index in [9.17, 15) is 13.2 Å². The Morgan fingerprint density at radius 3 is 2.38 bits per heavy atom. The van der Waals surface area contributed by atoms with Crippen LogP contribution in [0.25, 0.3) is 0 Å². The van der Waals surface area contributed by atoms with Gasteiger partial charge in [0, 0.05) is 12.1 Å². The number of hydrogen-bond acceptors (Lipinski definition) is 2. The molecule has 2 aliphatic rings. The predicted molar refractivity (Wildman–Crippen MR) is 74.7 cm³/mol. The zero-order chi connectivity index (χ0) is 15.2. The van der Waals surface area contributed by atoms with E-state index < -0.39 is 11.7 Å². The minimum absolute atomic E-state index is 0.0130. The quantitative estimate of drug-likeness (QED) is 0.803. The summed E-state index contributed by atoms with van der Waals surface area (Å²) in [6.45, 7) is 0. The minimum Gasteiger partial charge on any atom is -0.490 e. The fourth-order valence-corrected chi connectivity index (χ4v) is 3.67.